The first kappa shape index (κ1) is 13.4. The molecule has 0 radical (unpaired) electrons. The second kappa shape index (κ2) is 5.53. The first-order valence-electron chi connectivity index (χ1n) is 7.20. The Kier molecular flexibility index (Phi) is 3.23. The summed E-state index contributed by atoms with van der Waals surface area (Å²) >= 11 is 0. The van der Waals surface area contributed by atoms with Gasteiger partial charge in [-0.2, -0.15) is 0 Å². The number of hydrogen-bond acceptors (Lipinski definition) is 6. The van der Waals surface area contributed by atoms with Gasteiger partial charge in [0, 0.05) is 30.4 Å². The molecule has 23 heavy (non-hydrogen) atoms. The van der Waals surface area contributed by atoms with Gasteiger partial charge in [0.25, 0.3) is 0 Å². The molecular weight excluding hydrogens is 292 g/mol. The zero-order chi connectivity index (χ0) is 15.6. The molecule has 0 bridgehead atoms. The Balaban J connectivity index is 1.49. The first-order valence-corrected chi connectivity index (χ1v) is 7.20. The zero-order valence-electron chi connectivity index (χ0n) is 12.5. The number of imidazole rings is 1. The minimum Gasteiger partial charge on any atom is -0.403 e. The fraction of sp³-hybridized carbons (Fsp3) is 0.125. The van der Waals surface area contributed by atoms with Gasteiger partial charge < -0.3 is 14.1 Å². The van der Waals surface area contributed by atoms with E-state index in [2.05, 4.69) is 32.4 Å². The van der Waals surface area contributed by atoms with Crippen molar-refractivity contribution < 1.29 is 4.42 Å². The highest BCUT2D eigenvalue weighted by molar-refractivity contribution is 5.52. The van der Waals surface area contributed by atoms with Crippen LogP contribution >= 0.6 is 0 Å². The topological polar surface area (TPSA) is 81.1 Å². The Morgan fingerprint density at radius 1 is 1.09 bits per heavy atom. The number of aryl methyl sites for hydroxylation is 1. The largest absolute Gasteiger partial charge is 0.403 e. The van der Waals surface area contributed by atoms with Crippen molar-refractivity contribution in [3.05, 3.63) is 60.3 Å². The molecule has 4 rings (SSSR count). The Labute approximate surface area is 132 Å². The molecule has 1 N–H and O–H groups in total. The molecule has 0 unspecified atom stereocenters. The second-order valence-corrected chi connectivity index (χ2v) is 5.21. The van der Waals surface area contributed by atoms with Gasteiger partial charge in [-0.05, 0) is 30.7 Å². The van der Waals surface area contributed by atoms with Crippen molar-refractivity contribution in [1.82, 2.24) is 24.6 Å². The summed E-state index contributed by atoms with van der Waals surface area (Å²) in [6.07, 6.45) is 7.39. The Hall–Kier alpha value is -3.22. The molecule has 0 spiro atoms. The van der Waals surface area contributed by atoms with E-state index in [-0.39, 0.29) is 0 Å². The maximum atomic E-state index is 5.59. The van der Waals surface area contributed by atoms with Crippen LogP contribution in [0, 0.1) is 6.92 Å². The third kappa shape index (κ3) is 2.76. The zero-order valence-corrected chi connectivity index (χ0v) is 12.5. The molecule has 4 aromatic heterocycles. The van der Waals surface area contributed by atoms with Gasteiger partial charge in [-0.1, -0.05) is 11.2 Å². The Bertz CT molecular complexity index is 944. The van der Waals surface area contributed by atoms with Crippen LogP contribution in [0.2, 0.25) is 0 Å². The lowest BCUT2D eigenvalue weighted by Crippen LogP contribution is -1.99. The third-order valence-electron chi connectivity index (χ3n) is 3.42. The van der Waals surface area contributed by atoms with Gasteiger partial charge in [-0.3, -0.25) is 4.98 Å². The van der Waals surface area contributed by atoms with E-state index < -0.39 is 0 Å². The van der Waals surface area contributed by atoms with E-state index >= 15 is 0 Å². The minimum atomic E-state index is 0.366. The van der Waals surface area contributed by atoms with Crippen molar-refractivity contribution >= 4 is 11.7 Å². The van der Waals surface area contributed by atoms with Crippen LogP contribution in [0.25, 0.3) is 17.1 Å². The van der Waals surface area contributed by atoms with E-state index in [0.29, 0.717) is 18.5 Å². The maximum absolute atomic E-state index is 5.59. The van der Waals surface area contributed by atoms with Crippen LogP contribution in [0.15, 0.2) is 53.5 Å². The van der Waals surface area contributed by atoms with Crippen molar-refractivity contribution in [3.63, 3.8) is 0 Å². The van der Waals surface area contributed by atoms with E-state index in [1.165, 1.54) is 5.56 Å². The molecule has 0 aliphatic heterocycles. The number of rotatable bonds is 4. The number of aromatic nitrogens is 5. The van der Waals surface area contributed by atoms with E-state index in [4.69, 9.17) is 4.42 Å². The lowest BCUT2D eigenvalue weighted by atomic mass is 10.3. The van der Waals surface area contributed by atoms with Crippen LogP contribution in [-0.2, 0) is 6.54 Å². The number of pyridine rings is 2. The SMILES string of the molecule is Cc1ccc2nc(CNc3nnc(-c4ccncc4)o3)cn2c1. The second-order valence-electron chi connectivity index (χ2n) is 5.21. The minimum absolute atomic E-state index is 0.366. The van der Waals surface area contributed by atoms with Crippen LogP contribution in [0.3, 0.4) is 0 Å². The standard InChI is InChI=1S/C16H14N6O/c1-11-2-3-14-19-13(10-22(14)9-11)8-18-16-21-20-15(23-16)12-4-6-17-7-5-12/h2-7,9-10H,8H2,1H3,(H,18,21). The van der Waals surface area contributed by atoms with Gasteiger partial charge in [0.15, 0.2) is 0 Å². The summed E-state index contributed by atoms with van der Waals surface area (Å²) in [5.74, 6) is 0.459. The number of hydrogen-bond donors (Lipinski definition) is 1. The van der Waals surface area contributed by atoms with E-state index in [0.717, 1.165) is 16.9 Å². The van der Waals surface area contributed by atoms with Crippen LogP contribution in [0.4, 0.5) is 6.01 Å². The van der Waals surface area contributed by atoms with Crippen LogP contribution < -0.4 is 5.32 Å². The highest BCUT2D eigenvalue weighted by Gasteiger charge is 2.09. The van der Waals surface area contributed by atoms with Gasteiger partial charge in [0.05, 0.1) is 12.2 Å². The molecule has 7 nitrogen and oxygen atoms in total. The average Bonchev–Trinajstić information content (AvgIpc) is 3.20. The Morgan fingerprint density at radius 3 is 2.83 bits per heavy atom. The van der Waals surface area contributed by atoms with Crippen molar-refractivity contribution in [2.45, 2.75) is 13.5 Å². The summed E-state index contributed by atoms with van der Waals surface area (Å²) < 4.78 is 7.59. The summed E-state index contributed by atoms with van der Waals surface area (Å²) in [5.41, 5.74) is 3.84. The van der Waals surface area contributed by atoms with Crippen LogP contribution in [0.1, 0.15) is 11.3 Å². The number of nitrogens with one attached hydrogen (secondary N) is 1. The number of anilines is 1. The predicted molar refractivity (Wildman–Crippen MR) is 84.8 cm³/mol. The molecule has 4 heterocycles. The molecule has 0 aromatic carbocycles. The summed E-state index contributed by atoms with van der Waals surface area (Å²) in [5, 5.41) is 11.1. The van der Waals surface area contributed by atoms with Crippen molar-refractivity contribution in [3.8, 4) is 11.5 Å². The van der Waals surface area contributed by atoms with Gasteiger partial charge in [-0.15, -0.1) is 5.10 Å². The molecular formula is C16H14N6O. The number of fused-ring (bicyclic) bond motifs is 1. The first-order chi connectivity index (χ1) is 11.3. The predicted octanol–water partition coefficient (Wildman–Crippen LogP) is 2.70. The fourth-order valence-electron chi connectivity index (χ4n) is 2.31. The van der Waals surface area contributed by atoms with Gasteiger partial charge in [-0.25, -0.2) is 4.98 Å². The summed E-state index contributed by atoms with van der Waals surface area (Å²) in [6.45, 7) is 2.56. The van der Waals surface area contributed by atoms with Crippen molar-refractivity contribution in [2.75, 3.05) is 5.32 Å². The number of nitrogens with zero attached hydrogens (tertiary/aromatic N) is 5. The molecule has 0 amide bonds. The van der Waals surface area contributed by atoms with Crippen molar-refractivity contribution in [2.24, 2.45) is 0 Å². The lowest BCUT2D eigenvalue weighted by Gasteiger charge is -1.96. The van der Waals surface area contributed by atoms with Crippen LogP contribution in [0.5, 0.6) is 0 Å². The maximum Gasteiger partial charge on any atom is 0.316 e. The monoisotopic (exact) mass is 306 g/mol. The molecule has 0 aliphatic carbocycles. The molecule has 0 saturated carbocycles. The summed E-state index contributed by atoms with van der Waals surface area (Å²) in [7, 11) is 0. The molecule has 0 aliphatic rings. The Morgan fingerprint density at radius 2 is 1.96 bits per heavy atom. The van der Waals surface area contributed by atoms with Crippen LogP contribution in [-0.4, -0.2) is 24.6 Å². The van der Waals surface area contributed by atoms with Gasteiger partial charge >= 0.3 is 6.01 Å². The average molecular weight is 306 g/mol. The highest BCUT2D eigenvalue weighted by Crippen LogP contribution is 2.19. The molecule has 4 aromatic rings. The van der Waals surface area contributed by atoms with Gasteiger partial charge in [0.1, 0.15) is 5.65 Å². The highest BCUT2D eigenvalue weighted by atomic mass is 16.4. The normalized spacial score (nSPS) is 11.0. The lowest BCUT2D eigenvalue weighted by molar-refractivity contribution is 0.580. The fourth-order valence-corrected chi connectivity index (χ4v) is 2.31. The molecule has 0 fully saturated rings. The van der Waals surface area contributed by atoms with Crippen molar-refractivity contribution in [1.29, 1.82) is 0 Å². The molecule has 0 atom stereocenters. The van der Waals surface area contributed by atoms with E-state index in [1.54, 1.807) is 12.4 Å². The van der Waals surface area contributed by atoms with E-state index in [1.807, 2.05) is 41.1 Å². The third-order valence-corrected chi connectivity index (χ3v) is 3.42. The van der Waals surface area contributed by atoms with Gasteiger partial charge in [0.2, 0.25) is 5.89 Å². The molecule has 114 valence electrons. The summed E-state index contributed by atoms with van der Waals surface area (Å²) in [4.78, 5) is 8.50. The van der Waals surface area contributed by atoms with E-state index in [9.17, 15) is 0 Å². The quantitative estimate of drug-likeness (QED) is 0.624. The molecule has 0 saturated heterocycles. The molecule has 7 heteroatoms. The smallest absolute Gasteiger partial charge is 0.316 e. The summed E-state index contributed by atoms with van der Waals surface area (Å²) in [6, 6.07) is 8.04.